The Hall–Kier alpha value is -1.70. The Morgan fingerprint density at radius 2 is 2.24 bits per heavy atom. The second-order valence-corrected chi connectivity index (χ2v) is 6.43. The van der Waals surface area contributed by atoms with E-state index in [4.69, 9.17) is 0 Å². The summed E-state index contributed by atoms with van der Waals surface area (Å²) in [7, 11) is -2.39. The number of benzene rings is 1. The maximum atomic E-state index is 12.2. The normalized spacial score (nSPS) is 15.4. The van der Waals surface area contributed by atoms with Crippen LogP contribution in [0.2, 0.25) is 0 Å². The quantitative estimate of drug-likeness (QED) is 0.617. The minimum atomic E-state index is -3.64. The van der Waals surface area contributed by atoms with Crippen LogP contribution < -0.4 is 10.0 Å². The van der Waals surface area contributed by atoms with Gasteiger partial charge in [-0.3, -0.25) is 0 Å². The Labute approximate surface area is 124 Å². The molecular weight excluding hydrogens is 292 g/mol. The first-order chi connectivity index (χ1) is 10.0. The van der Waals surface area contributed by atoms with Crippen molar-refractivity contribution in [2.45, 2.75) is 11.3 Å². The van der Waals surface area contributed by atoms with Gasteiger partial charge < -0.3 is 10.1 Å². The van der Waals surface area contributed by atoms with Crippen LogP contribution in [0.3, 0.4) is 0 Å². The Morgan fingerprint density at radius 1 is 1.43 bits per heavy atom. The monoisotopic (exact) mass is 310 g/mol. The van der Waals surface area contributed by atoms with Gasteiger partial charge in [0.1, 0.15) is 0 Å². The fourth-order valence-corrected chi connectivity index (χ4v) is 3.09. The second-order valence-electron chi connectivity index (χ2n) is 4.66. The zero-order valence-corrected chi connectivity index (χ0v) is 12.6. The molecule has 0 saturated carbocycles. The number of sulfonamides is 1. The van der Waals surface area contributed by atoms with Crippen molar-refractivity contribution in [3.8, 4) is 0 Å². The molecule has 0 fully saturated rings. The van der Waals surface area contributed by atoms with E-state index >= 15 is 0 Å². The van der Waals surface area contributed by atoms with E-state index in [-0.39, 0.29) is 17.0 Å². The molecule has 0 aliphatic carbocycles. The van der Waals surface area contributed by atoms with Crippen molar-refractivity contribution in [2.75, 3.05) is 26.7 Å². The predicted molar refractivity (Wildman–Crippen MR) is 78.5 cm³/mol. The van der Waals surface area contributed by atoms with E-state index in [0.29, 0.717) is 0 Å². The molecule has 0 aromatic heterocycles. The van der Waals surface area contributed by atoms with E-state index in [0.717, 1.165) is 25.1 Å². The number of hydrogen-bond acceptors (Lipinski definition) is 5. The zero-order chi connectivity index (χ0) is 15.3. The fraction of sp³-hybridized carbons (Fsp3) is 0.357. The number of rotatable bonds is 5. The maximum absolute atomic E-state index is 12.2. The molecule has 2 rings (SSSR count). The lowest BCUT2D eigenvalue weighted by Crippen LogP contribution is -2.29. The molecule has 0 saturated heterocycles. The first kappa shape index (κ1) is 15.7. The third-order valence-electron chi connectivity index (χ3n) is 3.21. The summed E-state index contributed by atoms with van der Waals surface area (Å²) >= 11 is 0. The smallest absolute Gasteiger partial charge is 0.337 e. The highest BCUT2D eigenvalue weighted by atomic mass is 32.2. The minimum absolute atomic E-state index is 0.0555. The lowest BCUT2D eigenvalue weighted by molar-refractivity contribution is 0.0600. The Morgan fingerprint density at radius 3 is 2.90 bits per heavy atom. The van der Waals surface area contributed by atoms with Crippen molar-refractivity contribution in [3.63, 3.8) is 0 Å². The molecule has 0 unspecified atom stereocenters. The van der Waals surface area contributed by atoms with Crippen LogP contribution in [0.4, 0.5) is 0 Å². The molecule has 1 aliphatic rings. The Kier molecular flexibility index (Phi) is 5.11. The van der Waals surface area contributed by atoms with Gasteiger partial charge in [0, 0.05) is 13.1 Å². The first-order valence-electron chi connectivity index (χ1n) is 6.59. The summed E-state index contributed by atoms with van der Waals surface area (Å²) in [6.45, 7) is 1.90. The molecule has 0 bridgehead atoms. The van der Waals surface area contributed by atoms with Crippen LogP contribution in [0, 0.1) is 0 Å². The summed E-state index contributed by atoms with van der Waals surface area (Å²) in [5, 5.41) is 3.16. The van der Waals surface area contributed by atoms with Crippen LogP contribution in [-0.4, -0.2) is 41.1 Å². The molecule has 1 heterocycles. The van der Waals surface area contributed by atoms with Gasteiger partial charge in [-0.15, -0.1) is 0 Å². The van der Waals surface area contributed by atoms with E-state index in [2.05, 4.69) is 14.8 Å². The topological polar surface area (TPSA) is 84.5 Å². The average Bonchev–Trinajstić information content (AvgIpc) is 2.53. The SMILES string of the molecule is COC(=O)c1cccc(S(=O)(=O)NCC2=CCNCC2)c1. The van der Waals surface area contributed by atoms with Gasteiger partial charge in [-0.25, -0.2) is 17.9 Å². The molecule has 0 amide bonds. The number of methoxy groups -OCH3 is 1. The zero-order valence-electron chi connectivity index (χ0n) is 11.8. The molecule has 2 N–H and O–H groups in total. The van der Waals surface area contributed by atoms with Crippen LogP contribution in [0.25, 0.3) is 0 Å². The van der Waals surface area contributed by atoms with Crippen molar-refractivity contribution >= 4 is 16.0 Å². The summed E-state index contributed by atoms with van der Waals surface area (Å²) in [5.41, 5.74) is 1.27. The number of carbonyl (C=O) groups is 1. The first-order valence-corrected chi connectivity index (χ1v) is 8.08. The van der Waals surface area contributed by atoms with E-state index in [1.165, 1.54) is 31.4 Å². The van der Waals surface area contributed by atoms with Gasteiger partial charge in [-0.05, 0) is 31.2 Å². The molecule has 0 radical (unpaired) electrons. The van der Waals surface area contributed by atoms with Gasteiger partial charge in [-0.2, -0.15) is 0 Å². The molecule has 114 valence electrons. The van der Waals surface area contributed by atoms with Gasteiger partial charge in [0.05, 0.1) is 17.6 Å². The minimum Gasteiger partial charge on any atom is -0.465 e. The molecule has 1 aromatic carbocycles. The third-order valence-corrected chi connectivity index (χ3v) is 4.61. The molecular formula is C14H18N2O4S. The molecule has 6 nitrogen and oxygen atoms in total. The lowest BCUT2D eigenvalue weighted by Gasteiger charge is -2.15. The van der Waals surface area contributed by atoms with Crippen molar-refractivity contribution in [2.24, 2.45) is 0 Å². The van der Waals surface area contributed by atoms with Gasteiger partial charge in [0.2, 0.25) is 10.0 Å². The van der Waals surface area contributed by atoms with Crippen LogP contribution >= 0.6 is 0 Å². The van der Waals surface area contributed by atoms with Gasteiger partial charge in [0.15, 0.2) is 0 Å². The van der Waals surface area contributed by atoms with Crippen molar-refractivity contribution in [3.05, 3.63) is 41.5 Å². The van der Waals surface area contributed by atoms with Crippen molar-refractivity contribution < 1.29 is 17.9 Å². The summed E-state index contributed by atoms with van der Waals surface area (Å²) in [6.07, 6.45) is 2.81. The van der Waals surface area contributed by atoms with Crippen LogP contribution in [0.15, 0.2) is 40.8 Å². The fourth-order valence-electron chi connectivity index (χ4n) is 2.01. The third kappa shape index (κ3) is 4.13. The highest BCUT2D eigenvalue weighted by molar-refractivity contribution is 7.89. The Bertz CT molecular complexity index is 653. The van der Waals surface area contributed by atoms with Gasteiger partial charge in [0.25, 0.3) is 0 Å². The van der Waals surface area contributed by atoms with Crippen LogP contribution in [-0.2, 0) is 14.8 Å². The number of esters is 1. The van der Waals surface area contributed by atoms with E-state index in [1.54, 1.807) is 0 Å². The standard InChI is InChI=1S/C14H18N2O4S/c1-20-14(17)12-3-2-4-13(9-12)21(18,19)16-10-11-5-7-15-8-6-11/h2-5,9,15-16H,6-8,10H2,1H3. The molecule has 1 aromatic rings. The van der Waals surface area contributed by atoms with E-state index in [9.17, 15) is 13.2 Å². The average molecular weight is 310 g/mol. The molecule has 21 heavy (non-hydrogen) atoms. The van der Waals surface area contributed by atoms with Crippen LogP contribution in [0.5, 0.6) is 0 Å². The molecule has 0 atom stereocenters. The second kappa shape index (κ2) is 6.84. The predicted octanol–water partition coefficient (Wildman–Crippen LogP) is 0.671. The summed E-state index contributed by atoms with van der Waals surface area (Å²) < 4.78 is 31.6. The highest BCUT2D eigenvalue weighted by Crippen LogP contribution is 2.13. The summed E-state index contributed by atoms with van der Waals surface area (Å²) in [5.74, 6) is -0.562. The summed E-state index contributed by atoms with van der Waals surface area (Å²) in [6, 6.07) is 5.79. The van der Waals surface area contributed by atoms with E-state index in [1.807, 2.05) is 6.08 Å². The van der Waals surface area contributed by atoms with Gasteiger partial charge >= 0.3 is 5.97 Å². The van der Waals surface area contributed by atoms with Crippen molar-refractivity contribution in [1.82, 2.24) is 10.0 Å². The highest BCUT2D eigenvalue weighted by Gasteiger charge is 2.17. The lowest BCUT2D eigenvalue weighted by atomic mass is 10.1. The largest absolute Gasteiger partial charge is 0.465 e. The van der Waals surface area contributed by atoms with Gasteiger partial charge in [-0.1, -0.05) is 17.7 Å². The molecule has 0 spiro atoms. The number of ether oxygens (including phenoxy) is 1. The molecule has 7 heteroatoms. The number of hydrogen-bond donors (Lipinski definition) is 2. The Balaban J connectivity index is 2.11. The summed E-state index contributed by atoms with van der Waals surface area (Å²) in [4.78, 5) is 11.5. The maximum Gasteiger partial charge on any atom is 0.337 e. The van der Waals surface area contributed by atoms with Crippen molar-refractivity contribution in [1.29, 1.82) is 0 Å². The number of carbonyl (C=O) groups excluding carboxylic acids is 1. The molecule has 1 aliphatic heterocycles. The van der Waals surface area contributed by atoms with Crippen LogP contribution in [0.1, 0.15) is 16.8 Å². The van der Waals surface area contributed by atoms with E-state index < -0.39 is 16.0 Å². The number of nitrogens with one attached hydrogen (secondary N) is 2.